The summed E-state index contributed by atoms with van der Waals surface area (Å²) < 4.78 is 37.7. The molecule has 0 radical (unpaired) electrons. The molecule has 1 N–H and O–H groups in total. The first-order chi connectivity index (χ1) is 10.6. The molecule has 4 nitrogen and oxygen atoms in total. The van der Waals surface area contributed by atoms with Gasteiger partial charge in [-0.1, -0.05) is 18.2 Å². The highest BCUT2D eigenvalue weighted by atomic mass is 32.2. The summed E-state index contributed by atoms with van der Waals surface area (Å²) in [6.07, 6.45) is 0.582. The van der Waals surface area contributed by atoms with Gasteiger partial charge >= 0.3 is 0 Å². The molecule has 1 heterocycles. The van der Waals surface area contributed by atoms with Crippen molar-refractivity contribution >= 4 is 27.5 Å². The molecule has 0 unspecified atom stereocenters. The first-order valence-electron chi connectivity index (χ1n) is 6.62. The summed E-state index contributed by atoms with van der Waals surface area (Å²) in [5.74, 6) is 0.421. The first kappa shape index (κ1) is 15.1. The minimum atomic E-state index is -3.71. The van der Waals surface area contributed by atoms with Crippen LogP contribution in [0.3, 0.4) is 0 Å². The smallest absolute Gasteiger partial charge is 0.207 e. The van der Waals surface area contributed by atoms with Gasteiger partial charge in [-0.05, 0) is 30.3 Å². The van der Waals surface area contributed by atoms with Crippen LogP contribution in [-0.4, -0.2) is 19.9 Å². The van der Waals surface area contributed by atoms with Gasteiger partial charge < -0.3 is 0 Å². The maximum absolute atomic E-state index is 13.4. The number of hydrogen-bond acceptors (Lipinski definition) is 4. The van der Waals surface area contributed by atoms with Crippen LogP contribution in [0.4, 0.5) is 4.39 Å². The van der Waals surface area contributed by atoms with Crippen molar-refractivity contribution in [1.82, 2.24) is 4.83 Å². The van der Waals surface area contributed by atoms with E-state index in [1.54, 1.807) is 36.0 Å². The fourth-order valence-electron chi connectivity index (χ4n) is 2.13. The Hall–Kier alpha value is -1.86. The minimum Gasteiger partial charge on any atom is -0.207 e. The number of fused-ring (bicyclic) bond motifs is 1. The van der Waals surface area contributed by atoms with Crippen LogP contribution in [0.15, 0.2) is 63.4 Å². The highest BCUT2D eigenvalue weighted by molar-refractivity contribution is 7.99. The Balaban J connectivity index is 1.90. The standard InChI is InChI=1S/C15H13FN2O2S2/c16-11-6-7-15-13(10-11)14(8-9-21-15)17-18-22(19,20)12-4-2-1-3-5-12/h1-7,10,18H,8-9H2/b17-14-. The lowest BCUT2D eigenvalue weighted by Gasteiger charge is -2.17. The molecule has 0 saturated heterocycles. The normalized spacial score (nSPS) is 16.3. The van der Waals surface area contributed by atoms with Crippen molar-refractivity contribution < 1.29 is 12.8 Å². The van der Waals surface area contributed by atoms with E-state index in [9.17, 15) is 12.8 Å². The fraction of sp³-hybridized carbons (Fsp3) is 0.133. The Morgan fingerprint density at radius 3 is 2.68 bits per heavy atom. The second-order valence-electron chi connectivity index (χ2n) is 4.71. The molecular weight excluding hydrogens is 323 g/mol. The summed E-state index contributed by atoms with van der Waals surface area (Å²) >= 11 is 1.61. The van der Waals surface area contributed by atoms with Crippen molar-refractivity contribution in [2.24, 2.45) is 5.10 Å². The van der Waals surface area contributed by atoms with E-state index in [2.05, 4.69) is 9.93 Å². The van der Waals surface area contributed by atoms with E-state index in [0.29, 0.717) is 17.7 Å². The second-order valence-corrected chi connectivity index (χ2v) is 7.50. The van der Waals surface area contributed by atoms with Crippen molar-refractivity contribution in [2.75, 3.05) is 5.75 Å². The monoisotopic (exact) mass is 336 g/mol. The molecule has 2 aromatic rings. The van der Waals surface area contributed by atoms with E-state index in [4.69, 9.17) is 0 Å². The number of sulfonamides is 1. The molecule has 0 bridgehead atoms. The maximum Gasteiger partial charge on any atom is 0.276 e. The quantitative estimate of drug-likeness (QED) is 0.877. The Bertz CT molecular complexity index is 821. The number of thioether (sulfide) groups is 1. The van der Waals surface area contributed by atoms with Crippen molar-refractivity contribution in [3.63, 3.8) is 0 Å². The molecule has 0 atom stereocenters. The van der Waals surface area contributed by atoms with E-state index in [1.807, 2.05) is 0 Å². The third kappa shape index (κ3) is 3.15. The summed E-state index contributed by atoms with van der Waals surface area (Å²) in [7, 11) is -3.71. The number of hydrogen-bond donors (Lipinski definition) is 1. The van der Waals surface area contributed by atoms with Crippen molar-refractivity contribution in [1.29, 1.82) is 0 Å². The number of rotatable bonds is 3. The third-order valence-corrected chi connectivity index (χ3v) is 5.50. The molecule has 2 aromatic carbocycles. The number of benzene rings is 2. The molecular formula is C15H13FN2O2S2. The Labute approximate surface area is 132 Å². The predicted molar refractivity (Wildman–Crippen MR) is 85.0 cm³/mol. The van der Waals surface area contributed by atoms with Crippen LogP contribution in [0.5, 0.6) is 0 Å². The third-order valence-electron chi connectivity index (χ3n) is 3.20. The van der Waals surface area contributed by atoms with Gasteiger partial charge in [-0.3, -0.25) is 0 Å². The summed E-state index contributed by atoms with van der Waals surface area (Å²) in [6, 6.07) is 12.5. The van der Waals surface area contributed by atoms with Gasteiger partial charge in [0.2, 0.25) is 0 Å². The zero-order chi connectivity index (χ0) is 15.6. The SMILES string of the molecule is O=S(=O)(N/N=C1/CCSc2ccc(F)cc21)c1ccccc1. The molecule has 0 aliphatic carbocycles. The lowest BCUT2D eigenvalue weighted by atomic mass is 10.1. The average Bonchev–Trinajstić information content (AvgIpc) is 2.54. The molecule has 0 amide bonds. The summed E-state index contributed by atoms with van der Waals surface area (Å²) in [6.45, 7) is 0. The number of hydrazone groups is 1. The Morgan fingerprint density at radius 1 is 1.14 bits per heavy atom. The van der Waals surface area contributed by atoms with Gasteiger partial charge in [0.15, 0.2) is 0 Å². The maximum atomic E-state index is 13.4. The van der Waals surface area contributed by atoms with Gasteiger partial charge in [0.1, 0.15) is 5.82 Å². The van der Waals surface area contributed by atoms with Gasteiger partial charge in [0, 0.05) is 22.6 Å². The zero-order valence-electron chi connectivity index (χ0n) is 11.5. The molecule has 0 fully saturated rings. The van der Waals surface area contributed by atoms with Crippen molar-refractivity contribution in [3.05, 3.63) is 59.9 Å². The van der Waals surface area contributed by atoms with Crippen LogP contribution in [0.25, 0.3) is 0 Å². The highest BCUT2D eigenvalue weighted by Gasteiger charge is 2.18. The van der Waals surface area contributed by atoms with Gasteiger partial charge in [-0.15, -0.1) is 11.8 Å². The summed E-state index contributed by atoms with van der Waals surface area (Å²) in [5.41, 5.74) is 1.19. The Kier molecular flexibility index (Phi) is 4.17. The molecule has 1 aliphatic heterocycles. The van der Waals surface area contributed by atoms with E-state index in [0.717, 1.165) is 10.6 Å². The number of nitrogens with one attached hydrogen (secondary N) is 1. The number of halogens is 1. The van der Waals surface area contributed by atoms with Crippen LogP contribution in [0.1, 0.15) is 12.0 Å². The van der Waals surface area contributed by atoms with E-state index < -0.39 is 10.0 Å². The largest absolute Gasteiger partial charge is 0.276 e. The molecule has 1 aliphatic rings. The average molecular weight is 336 g/mol. The highest BCUT2D eigenvalue weighted by Crippen LogP contribution is 2.30. The lowest BCUT2D eigenvalue weighted by Crippen LogP contribution is -2.22. The molecule has 0 aromatic heterocycles. The fourth-order valence-corrected chi connectivity index (χ4v) is 3.99. The molecule has 7 heteroatoms. The van der Waals surface area contributed by atoms with E-state index >= 15 is 0 Å². The molecule has 3 rings (SSSR count). The number of nitrogens with zero attached hydrogens (tertiary/aromatic N) is 1. The van der Waals surface area contributed by atoms with E-state index in [1.165, 1.54) is 24.3 Å². The summed E-state index contributed by atoms with van der Waals surface area (Å²) in [5, 5.41) is 4.01. The summed E-state index contributed by atoms with van der Waals surface area (Å²) in [4.78, 5) is 3.28. The zero-order valence-corrected chi connectivity index (χ0v) is 13.1. The topological polar surface area (TPSA) is 58.5 Å². The molecule has 22 heavy (non-hydrogen) atoms. The van der Waals surface area contributed by atoms with Gasteiger partial charge in [0.05, 0.1) is 10.6 Å². The van der Waals surface area contributed by atoms with Crippen molar-refractivity contribution in [3.8, 4) is 0 Å². The van der Waals surface area contributed by atoms with Crippen LogP contribution in [0, 0.1) is 5.82 Å². The molecule has 0 saturated carbocycles. The second kappa shape index (κ2) is 6.10. The lowest BCUT2D eigenvalue weighted by molar-refractivity contribution is 0.584. The van der Waals surface area contributed by atoms with Gasteiger partial charge in [-0.2, -0.15) is 18.4 Å². The minimum absolute atomic E-state index is 0.143. The van der Waals surface area contributed by atoms with Crippen molar-refractivity contribution in [2.45, 2.75) is 16.2 Å². The molecule has 114 valence electrons. The van der Waals surface area contributed by atoms with E-state index in [-0.39, 0.29) is 10.7 Å². The molecule has 0 spiro atoms. The first-order valence-corrected chi connectivity index (χ1v) is 9.09. The van der Waals surface area contributed by atoms with Gasteiger partial charge in [0.25, 0.3) is 10.0 Å². The van der Waals surface area contributed by atoms with Crippen LogP contribution >= 0.6 is 11.8 Å². The van der Waals surface area contributed by atoms with Crippen LogP contribution in [0.2, 0.25) is 0 Å². The van der Waals surface area contributed by atoms with Crippen LogP contribution < -0.4 is 4.83 Å². The predicted octanol–water partition coefficient (Wildman–Crippen LogP) is 3.00. The Morgan fingerprint density at radius 2 is 1.91 bits per heavy atom. The van der Waals surface area contributed by atoms with Crippen LogP contribution in [-0.2, 0) is 10.0 Å². The van der Waals surface area contributed by atoms with Gasteiger partial charge in [-0.25, -0.2) is 4.39 Å².